The number of rotatable bonds is 4. The normalized spacial score (nSPS) is 15.1. The molecule has 0 bridgehead atoms. The molecule has 0 unspecified atom stereocenters. The average molecular weight is 293 g/mol. The van der Waals surface area contributed by atoms with Gasteiger partial charge in [0.05, 0.1) is 11.3 Å². The summed E-state index contributed by atoms with van der Waals surface area (Å²) in [5.41, 5.74) is 3.00. The largest absolute Gasteiger partial charge is 0.373 e. The summed E-state index contributed by atoms with van der Waals surface area (Å²) in [6, 6.07) is 8.42. The summed E-state index contributed by atoms with van der Waals surface area (Å²) in [5, 5.41) is 10.0. The molecule has 0 radical (unpaired) electrons. The van der Waals surface area contributed by atoms with Crippen molar-refractivity contribution in [2.24, 2.45) is 5.92 Å². The van der Waals surface area contributed by atoms with Gasteiger partial charge in [0.2, 0.25) is 0 Å². The topological polar surface area (TPSA) is 27.0 Å². The summed E-state index contributed by atoms with van der Waals surface area (Å²) in [4.78, 5) is 2.22. The van der Waals surface area contributed by atoms with Crippen LogP contribution in [0.5, 0.6) is 0 Å². The molecule has 0 atom stereocenters. The summed E-state index contributed by atoms with van der Waals surface area (Å²) >= 11 is 3.42. The van der Waals surface area contributed by atoms with E-state index in [4.69, 9.17) is 0 Å². The van der Waals surface area contributed by atoms with E-state index in [-0.39, 0.29) is 0 Å². The van der Waals surface area contributed by atoms with E-state index in [1.54, 1.807) is 0 Å². The quantitative estimate of drug-likeness (QED) is 0.792. The van der Waals surface area contributed by atoms with Crippen LogP contribution in [0.25, 0.3) is 0 Å². The van der Waals surface area contributed by atoms with Gasteiger partial charge in [-0.05, 0) is 36.5 Å². The zero-order chi connectivity index (χ0) is 12.3. The molecule has 2 nitrogen and oxygen atoms in total. The van der Waals surface area contributed by atoms with Crippen molar-refractivity contribution in [2.45, 2.75) is 24.6 Å². The van der Waals surface area contributed by atoms with Gasteiger partial charge in [0, 0.05) is 18.9 Å². The molecular formula is C14H17BrN2. The predicted octanol–water partition coefficient (Wildman–Crippen LogP) is 3.69. The fourth-order valence-electron chi connectivity index (χ4n) is 2.25. The van der Waals surface area contributed by atoms with Crippen molar-refractivity contribution in [3.63, 3.8) is 0 Å². The van der Waals surface area contributed by atoms with Gasteiger partial charge in [0.25, 0.3) is 0 Å². The summed E-state index contributed by atoms with van der Waals surface area (Å²) in [6.45, 7) is 1.07. The number of alkyl halides is 1. The van der Waals surface area contributed by atoms with Crippen molar-refractivity contribution in [3.05, 3.63) is 29.3 Å². The lowest BCUT2D eigenvalue weighted by molar-refractivity contribution is 0.321. The Bertz CT molecular complexity index is 432. The number of nitrogens with zero attached hydrogens (tertiary/aromatic N) is 2. The molecule has 17 heavy (non-hydrogen) atoms. The van der Waals surface area contributed by atoms with E-state index in [1.807, 2.05) is 6.07 Å². The molecule has 0 heterocycles. The van der Waals surface area contributed by atoms with Gasteiger partial charge in [0.15, 0.2) is 0 Å². The second kappa shape index (κ2) is 5.55. The summed E-state index contributed by atoms with van der Waals surface area (Å²) in [6.07, 6.45) is 4.05. The standard InChI is InChI=1S/C14H17BrN2/c1-17(10-11-3-2-4-11)14-6-5-12(8-15)7-13(14)9-16/h5-7,11H,2-4,8,10H2,1H3. The Morgan fingerprint density at radius 3 is 2.76 bits per heavy atom. The maximum absolute atomic E-state index is 9.20. The van der Waals surface area contributed by atoms with E-state index < -0.39 is 0 Å². The van der Waals surface area contributed by atoms with Gasteiger partial charge in [-0.15, -0.1) is 0 Å². The first-order valence-electron chi connectivity index (χ1n) is 6.04. The number of halogens is 1. The molecule has 1 aliphatic carbocycles. The highest BCUT2D eigenvalue weighted by Crippen LogP contribution is 2.29. The van der Waals surface area contributed by atoms with Crippen LogP contribution in [0.1, 0.15) is 30.4 Å². The fraction of sp³-hybridized carbons (Fsp3) is 0.500. The van der Waals surface area contributed by atoms with Crippen molar-refractivity contribution in [2.75, 3.05) is 18.5 Å². The molecule has 1 aromatic carbocycles. The fourth-order valence-corrected chi connectivity index (χ4v) is 2.60. The number of nitriles is 1. The molecule has 0 spiro atoms. The lowest BCUT2D eigenvalue weighted by atomic mass is 9.85. The van der Waals surface area contributed by atoms with Gasteiger partial charge < -0.3 is 4.90 Å². The highest BCUT2D eigenvalue weighted by molar-refractivity contribution is 9.08. The molecule has 2 rings (SSSR count). The van der Waals surface area contributed by atoms with E-state index in [9.17, 15) is 5.26 Å². The van der Waals surface area contributed by atoms with Gasteiger partial charge in [-0.25, -0.2) is 0 Å². The Hall–Kier alpha value is -1.01. The van der Waals surface area contributed by atoms with Crippen LogP contribution in [0, 0.1) is 17.2 Å². The van der Waals surface area contributed by atoms with Crippen LogP contribution >= 0.6 is 15.9 Å². The zero-order valence-corrected chi connectivity index (χ0v) is 11.7. The second-order valence-corrected chi connectivity index (χ2v) is 5.34. The van der Waals surface area contributed by atoms with Crippen molar-refractivity contribution < 1.29 is 0 Å². The molecule has 1 saturated carbocycles. The molecule has 90 valence electrons. The third-order valence-electron chi connectivity index (χ3n) is 3.50. The van der Waals surface area contributed by atoms with Crippen LogP contribution in [-0.4, -0.2) is 13.6 Å². The number of hydrogen-bond acceptors (Lipinski definition) is 2. The minimum Gasteiger partial charge on any atom is -0.373 e. The summed E-state index contributed by atoms with van der Waals surface area (Å²) in [5.74, 6) is 0.822. The molecule has 3 heteroatoms. The Morgan fingerprint density at radius 2 is 2.24 bits per heavy atom. The second-order valence-electron chi connectivity index (χ2n) is 4.77. The molecule has 0 aliphatic heterocycles. The SMILES string of the molecule is CN(CC1CCC1)c1ccc(CBr)cc1C#N. The van der Waals surface area contributed by atoms with Crippen LogP contribution in [-0.2, 0) is 5.33 Å². The van der Waals surface area contributed by atoms with Crippen molar-refractivity contribution in [1.82, 2.24) is 0 Å². The highest BCUT2D eigenvalue weighted by Gasteiger charge is 2.20. The Balaban J connectivity index is 2.15. The first-order chi connectivity index (χ1) is 8.24. The molecule has 1 aliphatic rings. The number of anilines is 1. The average Bonchev–Trinajstić information content (AvgIpc) is 2.32. The van der Waals surface area contributed by atoms with Crippen LogP contribution in [0.15, 0.2) is 18.2 Å². The van der Waals surface area contributed by atoms with E-state index in [0.717, 1.165) is 34.6 Å². The van der Waals surface area contributed by atoms with E-state index in [1.165, 1.54) is 19.3 Å². The highest BCUT2D eigenvalue weighted by atomic mass is 79.9. The smallest absolute Gasteiger partial charge is 0.101 e. The summed E-state index contributed by atoms with van der Waals surface area (Å²) in [7, 11) is 2.09. The van der Waals surface area contributed by atoms with E-state index >= 15 is 0 Å². The lowest BCUT2D eigenvalue weighted by Gasteiger charge is -2.31. The van der Waals surface area contributed by atoms with Crippen molar-refractivity contribution >= 4 is 21.6 Å². The van der Waals surface area contributed by atoms with Crippen molar-refractivity contribution in [1.29, 1.82) is 5.26 Å². The maximum atomic E-state index is 9.20. The third kappa shape index (κ3) is 2.81. The van der Waals surface area contributed by atoms with Gasteiger partial charge in [-0.1, -0.05) is 28.4 Å². The van der Waals surface area contributed by atoms with Crippen LogP contribution in [0.2, 0.25) is 0 Å². The number of benzene rings is 1. The first-order valence-corrected chi connectivity index (χ1v) is 7.17. The monoisotopic (exact) mass is 292 g/mol. The molecule has 0 saturated heterocycles. The molecule has 1 aromatic rings. The van der Waals surface area contributed by atoms with E-state index in [2.05, 4.69) is 46.1 Å². The van der Waals surface area contributed by atoms with E-state index in [0.29, 0.717) is 0 Å². The van der Waals surface area contributed by atoms with Crippen LogP contribution < -0.4 is 4.90 Å². The zero-order valence-electron chi connectivity index (χ0n) is 10.1. The Labute approximate surface area is 111 Å². The maximum Gasteiger partial charge on any atom is 0.101 e. The minimum absolute atomic E-state index is 0.781. The Morgan fingerprint density at radius 1 is 1.47 bits per heavy atom. The van der Waals surface area contributed by atoms with Gasteiger partial charge in [-0.3, -0.25) is 0 Å². The third-order valence-corrected chi connectivity index (χ3v) is 4.15. The predicted molar refractivity (Wildman–Crippen MR) is 74.4 cm³/mol. The first kappa shape index (κ1) is 12.4. The molecule has 0 amide bonds. The van der Waals surface area contributed by atoms with Crippen LogP contribution in [0.4, 0.5) is 5.69 Å². The number of hydrogen-bond donors (Lipinski definition) is 0. The lowest BCUT2D eigenvalue weighted by Crippen LogP contribution is -2.29. The van der Waals surface area contributed by atoms with Gasteiger partial charge in [0.1, 0.15) is 6.07 Å². The molecule has 0 N–H and O–H groups in total. The molecular weight excluding hydrogens is 276 g/mol. The molecule has 1 fully saturated rings. The van der Waals surface area contributed by atoms with Gasteiger partial charge in [-0.2, -0.15) is 5.26 Å². The minimum atomic E-state index is 0.781. The van der Waals surface area contributed by atoms with Gasteiger partial charge >= 0.3 is 0 Å². The molecule has 0 aromatic heterocycles. The van der Waals surface area contributed by atoms with Crippen LogP contribution in [0.3, 0.4) is 0 Å². The summed E-state index contributed by atoms with van der Waals surface area (Å²) < 4.78 is 0. The Kier molecular flexibility index (Phi) is 4.06. The van der Waals surface area contributed by atoms with Crippen molar-refractivity contribution in [3.8, 4) is 6.07 Å².